The topological polar surface area (TPSA) is 87.2 Å². The second-order valence-electron chi connectivity index (χ2n) is 6.93. The third-order valence-corrected chi connectivity index (χ3v) is 5.15. The SMILES string of the molecule is O=C(O)C1CCCN1C(=O)c1ccc(CN2C(=O)COc3ccccc32)cc1. The van der Waals surface area contributed by atoms with Crippen molar-refractivity contribution in [3.63, 3.8) is 0 Å². The first-order valence-corrected chi connectivity index (χ1v) is 9.19. The number of benzene rings is 2. The number of amides is 2. The lowest BCUT2D eigenvalue weighted by Gasteiger charge is -2.29. The van der Waals surface area contributed by atoms with E-state index in [0.717, 1.165) is 11.3 Å². The Bertz CT molecular complexity index is 925. The number of carboxylic acids is 1. The zero-order valence-corrected chi connectivity index (χ0v) is 15.2. The van der Waals surface area contributed by atoms with Gasteiger partial charge in [-0.25, -0.2) is 4.79 Å². The van der Waals surface area contributed by atoms with E-state index < -0.39 is 12.0 Å². The summed E-state index contributed by atoms with van der Waals surface area (Å²) in [7, 11) is 0. The van der Waals surface area contributed by atoms with E-state index in [1.807, 2.05) is 24.3 Å². The zero-order valence-electron chi connectivity index (χ0n) is 15.2. The number of carbonyl (C=O) groups excluding carboxylic acids is 2. The molecule has 0 saturated carbocycles. The molecule has 7 heteroatoms. The molecule has 0 radical (unpaired) electrons. The number of aliphatic carboxylic acids is 1. The standard InChI is InChI=1S/C21H20N2O5/c24-19-13-28-18-6-2-1-4-16(18)23(19)12-14-7-9-15(10-8-14)20(25)22-11-3-5-17(22)21(26)27/h1-2,4,6-10,17H,3,5,11-13H2,(H,26,27). The summed E-state index contributed by atoms with van der Waals surface area (Å²) in [5.74, 6) is -0.695. The van der Waals surface area contributed by atoms with Crippen LogP contribution in [0.2, 0.25) is 0 Å². The van der Waals surface area contributed by atoms with E-state index in [2.05, 4.69) is 0 Å². The third kappa shape index (κ3) is 3.31. The van der Waals surface area contributed by atoms with Gasteiger partial charge in [0.25, 0.3) is 11.8 Å². The molecule has 0 aliphatic carbocycles. The van der Waals surface area contributed by atoms with E-state index >= 15 is 0 Å². The number of hydrogen-bond donors (Lipinski definition) is 1. The Hall–Kier alpha value is -3.35. The molecular formula is C21H20N2O5. The number of carbonyl (C=O) groups is 3. The molecule has 2 amide bonds. The fraction of sp³-hybridized carbons (Fsp3) is 0.286. The van der Waals surface area contributed by atoms with Crippen LogP contribution in [0.4, 0.5) is 5.69 Å². The molecule has 1 fully saturated rings. The maximum absolute atomic E-state index is 12.7. The Kier molecular flexibility index (Phi) is 4.73. The monoisotopic (exact) mass is 380 g/mol. The highest BCUT2D eigenvalue weighted by atomic mass is 16.5. The summed E-state index contributed by atoms with van der Waals surface area (Å²) in [6.45, 7) is 0.824. The molecule has 2 aromatic carbocycles. The smallest absolute Gasteiger partial charge is 0.326 e. The van der Waals surface area contributed by atoms with Crippen LogP contribution < -0.4 is 9.64 Å². The van der Waals surface area contributed by atoms with Gasteiger partial charge in [0.1, 0.15) is 11.8 Å². The van der Waals surface area contributed by atoms with E-state index in [9.17, 15) is 19.5 Å². The van der Waals surface area contributed by atoms with E-state index in [1.165, 1.54) is 4.90 Å². The minimum Gasteiger partial charge on any atom is -0.482 e. The second-order valence-corrected chi connectivity index (χ2v) is 6.93. The number of carboxylic acid groups (broad SMARTS) is 1. The average Bonchev–Trinajstić information content (AvgIpc) is 3.20. The maximum Gasteiger partial charge on any atom is 0.326 e. The number of ether oxygens (including phenoxy) is 1. The van der Waals surface area contributed by atoms with Crippen molar-refractivity contribution in [2.45, 2.75) is 25.4 Å². The quantitative estimate of drug-likeness (QED) is 0.880. The van der Waals surface area contributed by atoms with Crippen molar-refractivity contribution in [3.05, 3.63) is 59.7 Å². The van der Waals surface area contributed by atoms with Crippen molar-refractivity contribution >= 4 is 23.5 Å². The van der Waals surface area contributed by atoms with Crippen molar-refractivity contribution in [1.82, 2.24) is 4.90 Å². The summed E-state index contributed by atoms with van der Waals surface area (Å²) in [6, 6.07) is 13.6. The van der Waals surface area contributed by atoms with Gasteiger partial charge in [-0.2, -0.15) is 0 Å². The van der Waals surface area contributed by atoms with Crippen molar-refractivity contribution < 1.29 is 24.2 Å². The molecule has 7 nitrogen and oxygen atoms in total. The first kappa shape index (κ1) is 18.0. The van der Waals surface area contributed by atoms with Gasteiger partial charge in [0.2, 0.25) is 0 Å². The Labute approximate surface area is 162 Å². The van der Waals surface area contributed by atoms with Crippen LogP contribution in [-0.4, -0.2) is 47.0 Å². The Morgan fingerprint density at radius 2 is 1.86 bits per heavy atom. The Morgan fingerprint density at radius 3 is 2.61 bits per heavy atom. The third-order valence-electron chi connectivity index (χ3n) is 5.15. The fourth-order valence-electron chi connectivity index (χ4n) is 3.69. The van der Waals surface area contributed by atoms with Crippen LogP contribution in [0.1, 0.15) is 28.8 Å². The van der Waals surface area contributed by atoms with Gasteiger partial charge >= 0.3 is 5.97 Å². The summed E-state index contributed by atoms with van der Waals surface area (Å²) in [5, 5.41) is 9.27. The molecule has 0 aromatic heterocycles. The summed E-state index contributed by atoms with van der Waals surface area (Å²) >= 11 is 0. The number of nitrogens with zero attached hydrogens (tertiary/aromatic N) is 2. The van der Waals surface area contributed by atoms with Gasteiger partial charge in [-0.05, 0) is 42.7 Å². The summed E-state index contributed by atoms with van der Waals surface area (Å²) in [4.78, 5) is 39.3. The highest BCUT2D eigenvalue weighted by molar-refractivity contribution is 5.98. The van der Waals surface area contributed by atoms with Crippen molar-refractivity contribution in [1.29, 1.82) is 0 Å². The molecule has 28 heavy (non-hydrogen) atoms. The summed E-state index contributed by atoms with van der Waals surface area (Å²) in [6.07, 6.45) is 1.18. The largest absolute Gasteiger partial charge is 0.482 e. The second kappa shape index (κ2) is 7.34. The molecule has 1 saturated heterocycles. The lowest BCUT2D eigenvalue weighted by molar-refractivity contribution is -0.141. The van der Waals surface area contributed by atoms with Crippen LogP contribution in [0.25, 0.3) is 0 Å². The van der Waals surface area contributed by atoms with E-state index in [-0.39, 0.29) is 18.4 Å². The van der Waals surface area contributed by atoms with Gasteiger partial charge in [-0.1, -0.05) is 24.3 Å². The first-order chi connectivity index (χ1) is 13.5. The van der Waals surface area contributed by atoms with Crippen LogP contribution in [0.3, 0.4) is 0 Å². The van der Waals surface area contributed by atoms with Crippen LogP contribution in [0.15, 0.2) is 48.5 Å². The van der Waals surface area contributed by atoms with Crippen LogP contribution in [0.5, 0.6) is 5.75 Å². The minimum atomic E-state index is -0.966. The molecular weight excluding hydrogens is 360 g/mol. The molecule has 0 bridgehead atoms. The molecule has 1 atom stereocenters. The predicted molar refractivity (Wildman–Crippen MR) is 101 cm³/mol. The van der Waals surface area contributed by atoms with Crippen LogP contribution in [0, 0.1) is 0 Å². The highest BCUT2D eigenvalue weighted by Gasteiger charge is 2.34. The summed E-state index contributed by atoms with van der Waals surface area (Å²) < 4.78 is 5.45. The first-order valence-electron chi connectivity index (χ1n) is 9.19. The molecule has 2 aliphatic rings. The number of para-hydroxylation sites is 2. The normalized spacial score (nSPS) is 18.6. The predicted octanol–water partition coefficient (Wildman–Crippen LogP) is 2.30. The Balaban J connectivity index is 1.51. The lowest BCUT2D eigenvalue weighted by atomic mass is 10.1. The van der Waals surface area contributed by atoms with Gasteiger partial charge in [0.15, 0.2) is 6.61 Å². The van der Waals surface area contributed by atoms with E-state index in [1.54, 1.807) is 29.2 Å². The lowest BCUT2D eigenvalue weighted by Crippen LogP contribution is -2.40. The van der Waals surface area contributed by atoms with Gasteiger partial charge in [-0.3, -0.25) is 9.59 Å². The van der Waals surface area contributed by atoms with E-state index in [4.69, 9.17) is 4.74 Å². The van der Waals surface area contributed by atoms with Crippen molar-refractivity contribution in [2.75, 3.05) is 18.1 Å². The van der Waals surface area contributed by atoms with Gasteiger partial charge in [0.05, 0.1) is 12.2 Å². The number of likely N-dealkylation sites (tertiary alicyclic amines) is 1. The Morgan fingerprint density at radius 1 is 1.11 bits per heavy atom. The molecule has 4 rings (SSSR count). The minimum absolute atomic E-state index is 0.000873. The van der Waals surface area contributed by atoms with Crippen LogP contribution in [-0.2, 0) is 16.1 Å². The molecule has 2 aliphatic heterocycles. The average molecular weight is 380 g/mol. The molecule has 1 unspecified atom stereocenters. The summed E-state index contributed by atoms with van der Waals surface area (Å²) in [5.41, 5.74) is 2.05. The molecule has 144 valence electrons. The van der Waals surface area contributed by atoms with Gasteiger partial charge in [0, 0.05) is 12.1 Å². The zero-order chi connectivity index (χ0) is 19.7. The van der Waals surface area contributed by atoms with Crippen molar-refractivity contribution in [3.8, 4) is 5.75 Å². The number of anilines is 1. The fourth-order valence-corrected chi connectivity index (χ4v) is 3.69. The van der Waals surface area contributed by atoms with Crippen molar-refractivity contribution in [2.24, 2.45) is 0 Å². The molecule has 2 aromatic rings. The highest BCUT2D eigenvalue weighted by Crippen LogP contribution is 2.32. The number of hydrogen-bond acceptors (Lipinski definition) is 4. The maximum atomic E-state index is 12.7. The molecule has 1 N–H and O–H groups in total. The van der Waals surface area contributed by atoms with Crippen LogP contribution >= 0.6 is 0 Å². The molecule has 2 heterocycles. The van der Waals surface area contributed by atoms with Gasteiger partial charge < -0.3 is 19.6 Å². The molecule has 0 spiro atoms. The number of rotatable bonds is 4. The number of fused-ring (bicyclic) bond motifs is 1. The van der Waals surface area contributed by atoms with Gasteiger partial charge in [-0.15, -0.1) is 0 Å². The van der Waals surface area contributed by atoms with E-state index in [0.29, 0.717) is 37.2 Å².